The van der Waals surface area contributed by atoms with E-state index >= 15 is 0 Å². The van der Waals surface area contributed by atoms with Crippen LogP contribution in [-0.2, 0) is 10.0 Å². The maximum atomic E-state index is 12.6. The summed E-state index contributed by atoms with van der Waals surface area (Å²) in [6, 6.07) is 6.82. The summed E-state index contributed by atoms with van der Waals surface area (Å²) in [5, 5.41) is 0. The zero-order valence-corrected chi connectivity index (χ0v) is 13.0. The van der Waals surface area contributed by atoms with Gasteiger partial charge < -0.3 is 9.64 Å². The molecule has 0 saturated carbocycles. The fraction of sp³-hybridized carbons (Fsp3) is 0.500. The summed E-state index contributed by atoms with van der Waals surface area (Å²) < 4.78 is 30.4. The van der Waals surface area contributed by atoms with Gasteiger partial charge in [0.25, 0.3) is 5.91 Å². The summed E-state index contributed by atoms with van der Waals surface area (Å²) in [6.07, 6.45) is 2.64. The number of hydrogen-bond donors (Lipinski definition) is 1. The highest BCUT2D eigenvalue weighted by atomic mass is 32.2. The maximum absolute atomic E-state index is 12.6. The Balaban J connectivity index is 2.12. The third kappa shape index (κ3) is 4.18. The fourth-order valence-electron chi connectivity index (χ4n) is 2.55. The van der Waals surface area contributed by atoms with E-state index in [9.17, 15) is 13.2 Å². The number of hydrogen-bond acceptors (Lipinski definition) is 4. The van der Waals surface area contributed by atoms with Gasteiger partial charge in [-0.3, -0.25) is 4.79 Å². The van der Waals surface area contributed by atoms with E-state index in [-0.39, 0.29) is 11.9 Å². The Labute approximate surface area is 125 Å². The van der Waals surface area contributed by atoms with Gasteiger partial charge in [-0.1, -0.05) is 12.1 Å². The molecule has 1 aromatic rings. The molecule has 1 atom stereocenters. The standard InChI is InChI=1S/C14H20N2O4S/c1-20-13-8-4-3-7-12(13)14(17)16-9-5-6-11(10-16)15-21(2,18)19/h3-4,7-8,11,15H,5-6,9-10H2,1-2H3/t11-/m0/s1. The fourth-order valence-corrected chi connectivity index (χ4v) is 3.35. The number of sulfonamides is 1. The number of nitrogens with zero attached hydrogens (tertiary/aromatic N) is 1. The van der Waals surface area contributed by atoms with Crippen LogP contribution >= 0.6 is 0 Å². The summed E-state index contributed by atoms with van der Waals surface area (Å²) in [4.78, 5) is 14.2. The lowest BCUT2D eigenvalue weighted by Crippen LogP contribution is -2.49. The molecule has 0 aromatic heterocycles. The quantitative estimate of drug-likeness (QED) is 0.894. The van der Waals surface area contributed by atoms with Gasteiger partial charge in [-0.2, -0.15) is 0 Å². The van der Waals surface area contributed by atoms with Gasteiger partial charge >= 0.3 is 0 Å². The second kappa shape index (κ2) is 6.44. The van der Waals surface area contributed by atoms with Crippen molar-refractivity contribution >= 4 is 15.9 Å². The van der Waals surface area contributed by atoms with Crippen LogP contribution in [0.3, 0.4) is 0 Å². The van der Waals surface area contributed by atoms with Crippen molar-refractivity contribution in [2.24, 2.45) is 0 Å². The number of para-hydroxylation sites is 1. The Morgan fingerprint density at radius 2 is 2.10 bits per heavy atom. The molecule has 1 aliphatic rings. The van der Waals surface area contributed by atoms with E-state index in [1.165, 1.54) is 7.11 Å². The first-order chi connectivity index (χ1) is 9.90. The monoisotopic (exact) mass is 312 g/mol. The van der Waals surface area contributed by atoms with E-state index in [0.29, 0.717) is 24.4 Å². The van der Waals surface area contributed by atoms with E-state index < -0.39 is 10.0 Å². The molecule has 1 aliphatic heterocycles. The number of methoxy groups -OCH3 is 1. The molecule has 1 fully saturated rings. The number of likely N-dealkylation sites (tertiary alicyclic amines) is 1. The zero-order chi connectivity index (χ0) is 15.5. The molecular formula is C14H20N2O4S. The van der Waals surface area contributed by atoms with Crippen molar-refractivity contribution in [1.82, 2.24) is 9.62 Å². The Morgan fingerprint density at radius 3 is 2.76 bits per heavy atom. The largest absolute Gasteiger partial charge is 0.496 e. The maximum Gasteiger partial charge on any atom is 0.257 e. The molecule has 0 aliphatic carbocycles. The SMILES string of the molecule is COc1ccccc1C(=O)N1CCC[C@H](NS(C)(=O)=O)C1. The molecule has 7 heteroatoms. The minimum Gasteiger partial charge on any atom is -0.496 e. The van der Waals surface area contributed by atoms with Crippen molar-refractivity contribution in [3.05, 3.63) is 29.8 Å². The molecule has 1 N–H and O–H groups in total. The summed E-state index contributed by atoms with van der Waals surface area (Å²) in [5.74, 6) is 0.396. The number of rotatable bonds is 4. The minimum absolute atomic E-state index is 0.132. The Kier molecular flexibility index (Phi) is 4.84. The van der Waals surface area contributed by atoms with E-state index in [1.54, 1.807) is 29.2 Å². The third-order valence-corrected chi connectivity index (χ3v) is 4.19. The van der Waals surface area contributed by atoms with Crippen LogP contribution in [0, 0.1) is 0 Å². The molecule has 6 nitrogen and oxygen atoms in total. The number of ether oxygens (including phenoxy) is 1. The zero-order valence-electron chi connectivity index (χ0n) is 12.2. The molecule has 116 valence electrons. The molecule has 0 unspecified atom stereocenters. The highest BCUT2D eigenvalue weighted by molar-refractivity contribution is 7.88. The topological polar surface area (TPSA) is 75.7 Å². The average Bonchev–Trinajstić information content (AvgIpc) is 2.45. The number of carbonyl (C=O) groups excluding carboxylic acids is 1. The number of nitrogens with one attached hydrogen (secondary N) is 1. The van der Waals surface area contributed by atoms with Crippen LogP contribution in [0.4, 0.5) is 0 Å². The van der Waals surface area contributed by atoms with Gasteiger partial charge in [-0.25, -0.2) is 13.1 Å². The molecular weight excluding hydrogens is 292 g/mol. The highest BCUT2D eigenvalue weighted by Gasteiger charge is 2.27. The Morgan fingerprint density at radius 1 is 1.38 bits per heavy atom. The van der Waals surface area contributed by atoms with Gasteiger partial charge in [0.05, 0.1) is 18.9 Å². The van der Waals surface area contributed by atoms with Gasteiger partial charge in [-0.05, 0) is 25.0 Å². The van der Waals surface area contributed by atoms with E-state index in [4.69, 9.17) is 4.74 Å². The molecule has 0 radical (unpaired) electrons. The van der Waals surface area contributed by atoms with Crippen molar-refractivity contribution in [3.8, 4) is 5.75 Å². The first kappa shape index (κ1) is 15.8. The van der Waals surface area contributed by atoms with Crippen LogP contribution < -0.4 is 9.46 Å². The predicted molar refractivity (Wildman–Crippen MR) is 79.9 cm³/mol. The van der Waals surface area contributed by atoms with Crippen LogP contribution in [0.25, 0.3) is 0 Å². The van der Waals surface area contributed by atoms with E-state index in [2.05, 4.69) is 4.72 Å². The van der Waals surface area contributed by atoms with Crippen LogP contribution in [0.15, 0.2) is 24.3 Å². The smallest absolute Gasteiger partial charge is 0.257 e. The number of benzene rings is 1. The highest BCUT2D eigenvalue weighted by Crippen LogP contribution is 2.21. The average molecular weight is 312 g/mol. The van der Waals surface area contributed by atoms with Crippen LogP contribution in [0.1, 0.15) is 23.2 Å². The van der Waals surface area contributed by atoms with Crippen LogP contribution in [-0.4, -0.2) is 51.7 Å². The lowest BCUT2D eigenvalue weighted by Gasteiger charge is -2.33. The first-order valence-corrected chi connectivity index (χ1v) is 8.69. The molecule has 1 heterocycles. The summed E-state index contributed by atoms with van der Waals surface area (Å²) in [7, 11) is -1.74. The lowest BCUT2D eigenvalue weighted by atomic mass is 10.0. The number of carbonyl (C=O) groups is 1. The summed E-state index contributed by atoms with van der Waals surface area (Å²) in [6.45, 7) is 1.00. The minimum atomic E-state index is -3.26. The van der Waals surface area contributed by atoms with Gasteiger partial charge in [0.1, 0.15) is 5.75 Å². The number of piperidine rings is 1. The van der Waals surface area contributed by atoms with E-state index in [1.807, 2.05) is 0 Å². The Bertz CT molecular complexity index is 615. The van der Waals surface area contributed by atoms with Gasteiger partial charge in [0.2, 0.25) is 10.0 Å². The van der Waals surface area contributed by atoms with E-state index in [0.717, 1.165) is 19.1 Å². The molecule has 1 amide bonds. The van der Waals surface area contributed by atoms with Gasteiger partial charge in [0, 0.05) is 19.1 Å². The summed E-state index contributed by atoms with van der Waals surface area (Å²) in [5.41, 5.74) is 0.500. The van der Waals surface area contributed by atoms with Crippen molar-refractivity contribution in [2.45, 2.75) is 18.9 Å². The van der Waals surface area contributed by atoms with Gasteiger partial charge in [-0.15, -0.1) is 0 Å². The van der Waals surface area contributed by atoms with Crippen molar-refractivity contribution in [1.29, 1.82) is 0 Å². The van der Waals surface area contributed by atoms with Crippen molar-refractivity contribution < 1.29 is 17.9 Å². The second-order valence-corrected chi connectivity index (χ2v) is 6.96. The van der Waals surface area contributed by atoms with Crippen LogP contribution in [0.5, 0.6) is 5.75 Å². The molecule has 1 saturated heterocycles. The van der Waals surface area contributed by atoms with Crippen LogP contribution in [0.2, 0.25) is 0 Å². The lowest BCUT2D eigenvalue weighted by molar-refractivity contribution is 0.0699. The summed E-state index contributed by atoms with van der Waals surface area (Å²) >= 11 is 0. The molecule has 1 aromatic carbocycles. The molecule has 0 bridgehead atoms. The van der Waals surface area contributed by atoms with Crippen molar-refractivity contribution in [3.63, 3.8) is 0 Å². The van der Waals surface area contributed by atoms with Crippen molar-refractivity contribution in [2.75, 3.05) is 26.5 Å². The van der Waals surface area contributed by atoms with Gasteiger partial charge in [0.15, 0.2) is 0 Å². The first-order valence-electron chi connectivity index (χ1n) is 6.80. The molecule has 21 heavy (non-hydrogen) atoms. The normalized spacial score (nSPS) is 19.3. The third-order valence-electron chi connectivity index (χ3n) is 3.43. The molecule has 2 rings (SSSR count). The predicted octanol–water partition coefficient (Wildman–Crippen LogP) is 0.849. The second-order valence-electron chi connectivity index (χ2n) is 5.18. The molecule has 0 spiro atoms. The Hall–Kier alpha value is -1.60. The number of amides is 1.